The van der Waals surface area contributed by atoms with Crippen LogP contribution in [0.15, 0.2) is 24.3 Å². The number of carbonyl (C=O) groups excluding carboxylic acids is 3. The summed E-state index contributed by atoms with van der Waals surface area (Å²) >= 11 is 0. The van der Waals surface area contributed by atoms with E-state index in [1.165, 1.54) is 0 Å². The lowest BCUT2D eigenvalue weighted by Gasteiger charge is -2.36. The second-order valence-corrected chi connectivity index (χ2v) is 10.9. The predicted octanol–water partition coefficient (Wildman–Crippen LogP) is 5.97. The van der Waals surface area contributed by atoms with Crippen molar-refractivity contribution in [2.75, 3.05) is 13.1 Å². The third kappa shape index (κ3) is 10.8. The van der Waals surface area contributed by atoms with Crippen molar-refractivity contribution in [2.45, 2.75) is 111 Å². The number of carbonyl (C=O) groups is 3. The second kappa shape index (κ2) is 16.8. The van der Waals surface area contributed by atoms with Crippen molar-refractivity contribution < 1.29 is 19.1 Å². The van der Waals surface area contributed by atoms with Crippen LogP contribution in [0.1, 0.15) is 111 Å². The van der Waals surface area contributed by atoms with Gasteiger partial charge in [0.2, 0.25) is 11.8 Å². The summed E-state index contributed by atoms with van der Waals surface area (Å²) in [5.41, 5.74) is 0.461. The van der Waals surface area contributed by atoms with Crippen LogP contribution in [0.4, 0.5) is 4.79 Å². The molecule has 212 valence electrons. The maximum atomic E-state index is 14.3. The molecule has 7 heteroatoms. The van der Waals surface area contributed by atoms with Gasteiger partial charge in [-0.25, -0.2) is 4.79 Å². The highest BCUT2D eigenvalue weighted by Gasteiger charge is 2.38. The third-order valence-corrected chi connectivity index (χ3v) is 6.49. The zero-order valence-electron chi connectivity index (χ0n) is 24.6. The first kappa shape index (κ1) is 33.0. The van der Waals surface area contributed by atoms with E-state index in [0.29, 0.717) is 30.6 Å². The highest BCUT2D eigenvalue weighted by Crippen LogP contribution is 2.28. The van der Waals surface area contributed by atoms with Crippen molar-refractivity contribution >= 4 is 17.9 Å². The summed E-state index contributed by atoms with van der Waals surface area (Å²) in [5, 5.41) is 5.82. The van der Waals surface area contributed by atoms with Gasteiger partial charge in [-0.05, 0) is 51.2 Å². The van der Waals surface area contributed by atoms with E-state index >= 15 is 0 Å². The minimum Gasteiger partial charge on any atom is -0.444 e. The van der Waals surface area contributed by atoms with E-state index in [1.54, 1.807) is 31.7 Å². The number of benzene rings is 1. The highest BCUT2D eigenvalue weighted by atomic mass is 16.6. The minimum absolute atomic E-state index is 0.181. The average molecular weight is 528 g/mol. The van der Waals surface area contributed by atoms with E-state index in [4.69, 9.17) is 11.2 Å². The van der Waals surface area contributed by atoms with Crippen molar-refractivity contribution in [1.29, 1.82) is 0 Å². The van der Waals surface area contributed by atoms with Crippen LogP contribution in [0.5, 0.6) is 0 Å². The van der Waals surface area contributed by atoms with Crippen LogP contribution in [-0.4, -0.2) is 47.5 Å². The van der Waals surface area contributed by atoms with Gasteiger partial charge in [0.1, 0.15) is 17.7 Å². The number of hydrogen-bond acceptors (Lipinski definition) is 4. The van der Waals surface area contributed by atoms with Crippen molar-refractivity contribution in [2.24, 2.45) is 5.92 Å². The van der Waals surface area contributed by atoms with Gasteiger partial charge in [-0.2, -0.15) is 0 Å². The van der Waals surface area contributed by atoms with E-state index in [-0.39, 0.29) is 17.7 Å². The first-order chi connectivity index (χ1) is 18.0. The van der Waals surface area contributed by atoms with Gasteiger partial charge in [-0.15, -0.1) is 6.42 Å². The number of hydrogen-bond donors (Lipinski definition) is 2. The average Bonchev–Trinajstić information content (AvgIpc) is 2.87. The molecule has 1 aromatic carbocycles. The molecule has 0 aliphatic heterocycles. The molecule has 0 saturated carbocycles. The molecule has 0 saturated heterocycles. The summed E-state index contributed by atoms with van der Waals surface area (Å²) in [4.78, 5) is 42.4. The van der Waals surface area contributed by atoms with Crippen molar-refractivity contribution in [3.8, 4) is 12.3 Å². The smallest absolute Gasteiger partial charge is 0.408 e. The Hall–Kier alpha value is -3.01. The van der Waals surface area contributed by atoms with Gasteiger partial charge in [-0.1, -0.05) is 83.9 Å². The van der Waals surface area contributed by atoms with E-state index in [1.807, 2.05) is 32.0 Å². The first-order valence-electron chi connectivity index (χ1n) is 14.1. The fraction of sp³-hybridized carbons (Fsp3) is 0.645. The van der Waals surface area contributed by atoms with Gasteiger partial charge in [0.15, 0.2) is 0 Å². The Labute approximate surface area is 230 Å². The molecule has 0 aliphatic carbocycles. The van der Waals surface area contributed by atoms with Crippen LogP contribution in [0, 0.1) is 18.3 Å². The molecule has 1 aromatic rings. The maximum Gasteiger partial charge on any atom is 0.408 e. The van der Waals surface area contributed by atoms with Gasteiger partial charge in [-0.3, -0.25) is 9.59 Å². The monoisotopic (exact) mass is 527 g/mol. The lowest BCUT2D eigenvalue weighted by molar-refractivity contribution is -0.143. The molecule has 0 bridgehead atoms. The van der Waals surface area contributed by atoms with Crippen LogP contribution in [0.2, 0.25) is 0 Å². The number of ether oxygens (including phenoxy) is 1. The Balaban J connectivity index is 3.56. The zero-order chi connectivity index (χ0) is 28.7. The van der Waals surface area contributed by atoms with E-state index in [2.05, 4.69) is 30.4 Å². The van der Waals surface area contributed by atoms with E-state index in [0.717, 1.165) is 38.5 Å². The molecule has 0 spiro atoms. The summed E-state index contributed by atoms with van der Waals surface area (Å²) in [5.74, 6) is 1.91. The lowest BCUT2D eigenvalue weighted by Crippen LogP contribution is -2.55. The number of unbranched alkanes of at least 4 members (excludes halogenated alkanes) is 4. The standard InChI is InChI=1S/C31H49N3O4/c1-9-13-15-18-22-34(29(36)26(23(5)11-3)33-30(37)38-31(6,7)8)27(28(35)32-21-14-10-2)25-20-17-16-19-24(25)12-4/h4,16-17,19-20,23,26-27H,9-11,13-15,18,21-22H2,1-3,5-8H3,(H,32,35)(H,33,37). The van der Waals surface area contributed by atoms with Crippen LogP contribution in [0.3, 0.4) is 0 Å². The van der Waals surface area contributed by atoms with Crippen LogP contribution >= 0.6 is 0 Å². The summed E-state index contributed by atoms with van der Waals surface area (Å²) in [6, 6.07) is 5.47. The van der Waals surface area contributed by atoms with E-state index < -0.39 is 23.8 Å². The number of amides is 3. The van der Waals surface area contributed by atoms with Crippen molar-refractivity contribution in [3.05, 3.63) is 35.4 Å². The SMILES string of the molecule is C#Cc1ccccc1C(C(=O)NCCCC)N(CCCCCC)C(=O)C(NC(=O)OC(C)(C)C)C(C)CC. The van der Waals surface area contributed by atoms with Crippen molar-refractivity contribution in [1.82, 2.24) is 15.5 Å². The van der Waals surface area contributed by atoms with Gasteiger partial charge in [0.05, 0.1) is 0 Å². The quantitative estimate of drug-likeness (QED) is 0.217. The fourth-order valence-electron chi connectivity index (χ4n) is 4.17. The summed E-state index contributed by atoms with van der Waals surface area (Å²) < 4.78 is 5.47. The Morgan fingerprint density at radius 3 is 2.26 bits per heavy atom. The second-order valence-electron chi connectivity index (χ2n) is 10.9. The molecule has 0 aromatic heterocycles. The van der Waals surface area contributed by atoms with Crippen molar-refractivity contribution in [3.63, 3.8) is 0 Å². The Bertz CT molecular complexity index is 932. The lowest BCUT2D eigenvalue weighted by atomic mass is 9.94. The molecule has 0 radical (unpaired) electrons. The fourth-order valence-corrected chi connectivity index (χ4v) is 4.17. The predicted molar refractivity (Wildman–Crippen MR) is 154 cm³/mol. The van der Waals surface area contributed by atoms with Crippen LogP contribution in [-0.2, 0) is 14.3 Å². The Morgan fingerprint density at radius 2 is 1.68 bits per heavy atom. The van der Waals surface area contributed by atoms with Crippen LogP contribution in [0.25, 0.3) is 0 Å². The molecule has 0 aliphatic rings. The number of nitrogens with zero attached hydrogens (tertiary/aromatic N) is 1. The van der Waals surface area contributed by atoms with Crippen LogP contribution < -0.4 is 10.6 Å². The molecule has 38 heavy (non-hydrogen) atoms. The van der Waals surface area contributed by atoms with E-state index in [9.17, 15) is 14.4 Å². The first-order valence-corrected chi connectivity index (χ1v) is 14.1. The Morgan fingerprint density at radius 1 is 1.03 bits per heavy atom. The Kier molecular flexibility index (Phi) is 14.6. The topological polar surface area (TPSA) is 87.7 Å². The number of rotatable bonds is 15. The molecule has 2 N–H and O–H groups in total. The molecule has 0 fully saturated rings. The highest BCUT2D eigenvalue weighted by molar-refractivity contribution is 5.92. The molecular weight excluding hydrogens is 478 g/mol. The molecule has 0 heterocycles. The van der Waals surface area contributed by atoms with Gasteiger partial charge >= 0.3 is 6.09 Å². The van der Waals surface area contributed by atoms with Gasteiger partial charge in [0.25, 0.3) is 0 Å². The van der Waals surface area contributed by atoms with Gasteiger partial charge < -0.3 is 20.3 Å². The molecule has 3 amide bonds. The summed E-state index contributed by atoms with van der Waals surface area (Å²) in [6.07, 6.45) is 11.3. The number of alkyl carbamates (subject to hydrolysis) is 1. The van der Waals surface area contributed by atoms with Gasteiger partial charge in [0, 0.05) is 18.7 Å². The largest absolute Gasteiger partial charge is 0.444 e. The summed E-state index contributed by atoms with van der Waals surface area (Å²) in [6.45, 7) is 14.3. The number of terminal acetylenes is 1. The maximum absolute atomic E-state index is 14.3. The molecule has 3 atom stereocenters. The summed E-state index contributed by atoms with van der Waals surface area (Å²) in [7, 11) is 0. The normalized spacial score (nSPS) is 13.5. The minimum atomic E-state index is -0.916. The molecule has 1 rings (SSSR count). The molecule has 3 unspecified atom stereocenters. The number of nitrogens with one attached hydrogen (secondary N) is 2. The molecular formula is C31H49N3O4. The zero-order valence-corrected chi connectivity index (χ0v) is 24.6. The third-order valence-electron chi connectivity index (χ3n) is 6.49. The molecule has 7 nitrogen and oxygen atoms in total.